The molecule has 0 saturated heterocycles. The molecule has 1 N–H and O–H groups in total. The van der Waals surface area contributed by atoms with Crippen LogP contribution in [0.25, 0.3) is 0 Å². The van der Waals surface area contributed by atoms with Crippen LogP contribution in [-0.2, 0) is 17.8 Å². The van der Waals surface area contributed by atoms with Gasteiger partial charge in [0.2, 0.25) is 5.91 Å². The summed E-state index contributed by atoms with van der Waals surface area (Å²) in [6.07, 6.45) is 1.92. The summed E-state index contributed by atoms with van der Waals surface area (Å²) in [4.78, 5) is 13.8. The first-order chi connectivity index (χ1) is 9.43. The fourth-order valence-corrected chi connectivity index (χ4v) is 2.19. The van der Waals surface area contributed by atoms with Gasteiger partial charge in [-0.25, -0.2) is 0 Å². The van der Waals surface area contributed by atoms with Crippen LogP contribution >= 0.6 is 0 Å². The average Bonchev–Trinajstić information content (AvgIpc) is 2.42. The zero-order chi connectivity index (χ0) is 15.1. The lowest BCUT2D eigenvalue weighted by Crippen LogP contribution is -2.44. The van der Waals surface area contributed by atoms with E-state index in [1.807, 2.05) is 14.1 Å². The van der Waals surface area contributed by atoms with E-state index in [4.69, 9.17) is 0 Å². The van der Waals surface area contributed by atoms with Gasteiger partial charge in [0.25, 0.3) is 0 Å². The molecule has 3 heteroatoms. The molecule has 0 aliphatic heterocycles. The van der Waals surface area contributed by atoms with E-state index in [-0.39, 0.29) is 11.9 Å². The van der Waals surface area contributed by atoms with Gasteiger partial charge in [-0.2, -0.15) is 0 Å². The molecule has 0 aliphatic carbocycles. The Bertz CT molecular complexity index is 410. The zero-order valence-corrected chi connectivity index (χ0v) is 13.4. The van der Waals surface area contributed by atoms with Gasteiger partial charge in [-0.05, 0) is 29.9 Å². The van der Waals surface area contributed by atoms with Crippen molar-refractivity contribution in [1.29, 1.82) is 0 Å². The number of nitrogens with one attached hydrogen (secondary N) is 1. The summed E-state index contributed by atoms with van der Waals surface area (Å²) in [5.74, 6) is 0.655. The van der Waals surface area contributed by atoms with E-state index in [1.165, 1.54) is 11.1 Å². The van der Waals surface area contributed by atoms with Crippen LogP contribution in [0.4, 0.5) is 0 Å². The van der Waals surface area contributed by atoms with Gasteiger partial charge in [0.1, 0.15) is 0 Å². The largest absolute Gasteiger partial charge is 0.347 e. The van der Waals surface area contributed by atoms with Crippen LogP contribution in [0.5, 0.6) is 0 Å². The molecule has 0 aliphatic rings. The zero-order valence-electron chi connectivity index (χ0n) is 13.4. The van der Waals surface area contributed by atoms with Crippen LogP contribution in [0.15, 0.2) is 24.3 Å². The highest BCUT2D eigenvalue weighted by Crippen LogP contribution is 2.09. The van der Waals surface area contributed by atoms with Crippen molar-refractivity contribution in [2.45, 2.75) is 46.2 Å². The Morgan fingerprint density at radius 1 is 1.15 bits per heavy atom. The second-order valence-corrected chi connectivity index (χ2v) is 5.97. The van der Waals surface area contributed by atoms with Crippen molar-refractivity contribution < 1.29 is 4.79 Å². The highest BCUT2D eigenvalue weighted by Gasteiger charge is 2.20. The summed E-state index contributed by atoms with van der Waals surface area (Å²) in [6.45, 7) is 7.18. The van der Waals surface area contributed by atoms with Crippen molar-refractivity contribution in [3.05, 3.63) is 35.4 Å². The van der Waals surface area contributed by atoms with Crippen LogP contribution in [0.3, 0.4) is 0 Å². The number of carbonyl (C=O) groups is 1. The standard InChI is InChI=1S/C17H28N2O/c1-6-14-7-9-15(10-8-14)12-18-16(11-13(2)3)17(20)19(4)5/h7-10,13,16,18H,6,11-12H2,1-5H3. The Kier molecular flexibility index (Phi) is 6.73. The summed E-state index contributed by atoms with van der Waals surface area (Å²) in [5, 5.41) is 3.39. The van der Waals surface area contributed by atoms with E-state index in [2.05, 4.69) is 50.4 Å². The number of rotatable bonds is 7. The minimum absolute atomic E-state index is 0.101. The molecule has 0 aromatic heterocycles. The second kappa shape index (κ2) is 8.05. The van der Waals surface area contributed by atoms with E-state index in [0.29, 0.717) is 5.92 Å². The lowest BCUT2D eigenvalue weighted by atomic mass is 10.0. The van der Waals surface area contributed by atoms with Crippen molar-refractivity contribution in [1.82, 2.24) is 10.2 Å². The van der Waals surface area contributed by atoms with Gasteiger partial charge >= 0.3 is 0 Å². The highest BCUT2D eigenvalue weighted by molar-refractivity contribution is 5.81. The third-order valence-electron chi connectivity index (χ3n) is 3.43. The molecular weight excluding hydrogens is 248 g/mol. The Balaban J connectivity index is 2.62. The molecule has 1 amide bonds. The van der Waals surface area contributed by atoms with E-state index in [1.54, 1.807) is 4.90 Å². The molecule has 3 nitrogen and oxygen atoms in total. The summed E-state index contributed by atoms with van der Waals surface area (Å²) < 4.78 is 0. The van der Waals surface area contributed by atoms with Gasteiger partial charge in [-0.3, -0.25) is 4.79 Å². The second-order valence-electron chi connectivity index (χ2n) is 5.97. The normalized spacial score (nSPS) is 12.5. The smallest absolute Gasteiger partial charge is 0.239 e. The Labute approximate surface area is 123 Å². The van der Waals surface area contributed by atoms with Gasteiger partial charge < -0.3 is 10.2 Å². The SMILES string of the molecule is CCc1ccc(CNC(CC(C)C)C(=O)N(C)C)cc1. The van der Waals surface area contributed by atoms with E-state index < -0.39 is 0 Å². The van der Waals surface area contributed by atoms with Crippen LogP contribution < -0.4 is 5.32 Å². The molecule has 0 spiro atoms. The van der Waals surface area contributed by atoms with Crippen LogP contribution in [-0.4, -0.2) is 30.9 Å². The van der Waals surface area contributed by atoms with Gasteiger partial charge in [0, 0.05) is 20.6 Å². The Hall–Kier alpha value is -1.35. The predicted molar refractivity (Wildman–Crippen MR) is 84.6 cm³/mol. The monoisotopic (exact) mass is 276 g/mol. The predicted octanol–water partition coefficient (Wildman–Crippen LogP) is 2.84. The molecule has 1 rings (SSSR count). The average molecular weight is 276 g/mol. The summed E-state index contributed by atoms with van der Waals surface area (Å²) >= 11 is 0. The number of likely N-dealkylation sites (N-methyl/N-ethyl adjacent to an activating group) is 1. The topological polar surface area (TPSA) is 32.3 Å². The first-order valence-electron chi connectivity index (χ1n) is 7.46. The first-order valence-corrected chi connectivity index (χ1v) is 7.46. The third-order valence-corrected chi connectivity index (χ3v) is 3.43. The Morgan fingerprint density at radius 2 is 1.70 bits per heavy atom. The summed E-state index contributed by atoms with van der Waals surface area (Å²) in [5.41, 5.74) is 2.57. The van der Waals surface area contributed by atoms with E-state index in [0.717, 1.165) is 19.4 Å². The molecule has 1 atom stereocenters. The molecule has 1 aromatic carbocycles. The van der Waals surface area contributed by atoms with Crippen LogP contribution in [0, 0.1) is 5.92 Å². The molecular formula is C17H28N2O. The lowest BCUT2D eigenvalue weighted by Gasteiger charge is -2.23. The molecule has 112 valence electrons. The van der Waals surface area contributed by atoms with Crippen LogP contribution in [0.1, 0.15) is 38.3 Å². The minimum atomic E-state index is -0.101. The van der Waals surface area contributed by atoms with E-state index >= 15 is 0 Å². The maximum absolute atomic E-state index is 12.2. The molecule has 0 bridgehead atoms. The van der Waals surface area contributed by atoms with Crippen LogP contribution in [0.2, 0.25) is 0 Å². The van der Waals surface area contributed by atoms with Crippen molar-refractivity contribution >= 4 is 5.91 Å². The fraction of sp³-hybridized carbons (Fsp3) is 0.588. The molecule has 0 heterocycles. The minimum Gasteiger partial charge on any atom is -0.347 e. The van der Waals surface area contributed by atoms with Gasteiger partial charge in [0.15, 0.2) is 0 Å². The fourth-order valence-electron chi connectivity index (χ4n) is 2.19. The van der Waals surface area contributed by atoms with Crippen molar-refractivity contribution in [2.75, 3.05) is 14.1 Å². The van der Waals surface area contributed by atoms with Crippen molar-refractivity contribution in [3.63, 3.8) is 0 Å². The van der Waals surface area contributed by atoms with Crippen molar-refractivity contribution in [2.24, 2.45) is 5.92 Å². The number of hydrogen-bond donors (Lipinski definition) is 1. The third kappa shape index (κ3) is 5.33. The molecule has 1 aromatic rings. The van der Waals surface area contributed by atoms with Gasteiger partial charge in [-0.1, -0.05) is 45.0 Å². The van der Waals surface area contributed by atoms with Gasteiger partial charge in [-0.15, -0.1) is 0 Å². The maximum atomic E-state index is 12.2. The van der Waals surface area contributed by atoms with Gasteiger partial charge in [0.05, 0.1) is 6.04 Å². The quantitative estimate of drug-likeness (QED) is 0.830. The van der Waals surface area contributed by atoms with Crippen molar-refractivity contribution in [3.8, 4) is 0 Å². The number of amides is 1. The number of carbonyl (C=O) groups excluding carboxylic acids is 1. The first kappa shape index (κ1) is 16.7. The lowest BCUT2D eigenvalue weighted by molar-refractivity contribution is -0.131. The Morgan fingerprint density at radius 3 is 2.15 bits per heavy atom. The van der Waals surface area contributed by atoms with E-state index in [9.17, 15) is 4.79 Å². The summed E-state index contributed by atoms with van der Waals surface area (Å²) in [6, 6.07) is 8.48. The highest BCUT2D eigenvalue weighted by atomic mass is 16.2. The summed E-state index contributed by atoms with van der Waals surface area (Å²) in [7, 11) is 3.63. The molecule has 20 heavy (non-hydrogen) atoms. The molecule has 0 fully saturated rings. The molecule has 0 saturated carbocycles. The molecule has 0 radical (unpaired) electrons. The number of benzene rings is 1. The maximum Gasteiger partial charge on any atom is 0.239 e. The number of nitrogens with zero attached hydrogens (tertiary/aromatic N) is 1. The number of hydrogen-bond acceptors (Lipinski definition) is 2. The molecule has 1 unspecified atom stereocenters. The number of aryl methyl sites for hydroxylation is 1.